The first-order valence-corrected chi connectivity index (χ1v) is 6.07. The molecular formula is C13H19Cl2NO. The van der Waals surface area contributed by atoms with Crippen LogP contribution >= 0.6 is 24.0 Å². The molecule has 17 heavy (non-hydrogen) atoms. The minimum Gasteiger partial charge on any atom is -0.387 e. The molecule has 0 saturated carbocycles. The highest BCUT2D eigenvalue weighted by Crippen LogP contribution is 2.32. The highest BCUT2D eigenvalue weighted by atomic mass is 35.5. The van der Waals surface area contributed by atoms with Crippen molar-refractivity contribution in [1.29, 1.82) is 0 Å². The number of halogens is 2. The van der Waals surface area contributed by atoms with Gasteiger partial charge in [0.25, 0.3) is 0 Å². The van der Waals surface area contributed by atoms with Gasteiger partial charge in [-0.15, -0.1) is 12.4 Å². The Morgan fingerprint density at radius 3 is 2.59 bits per heavy atom. The van der Waals surface area contributed by atoms with E-state index < -0.39 is 6.10 Å². The first-order chi connectivity index (χ1) is 7.49. The van der Waals surface area contributed by atoms with Crippen LogP contribution in [0.3, 0.4) is 0 Å². The topological polar surface area (TPSA) is 32.3 Å². The van der Waals surface area contributed by atoms with Crippen molar-refractivity contribution in [2.24, 2.45) is 0 Å². The Balaban J connectivity index is 0.00000144. The van der Waals surface area contributed by atoms with Crippen molar-refractivity contribution in [1.82, 2.24) is 5.32 Å². The maximum absolute atomic E-state index is 10.3. The second-order valence-electron chi connectivity index (χ2n) is 5.14. The molecule has 1 aromatic carbocycles. The van der Waals surface area contributed by atoms with Crippen LogP contribution in [-0.4, -0.2) is 16.7 Å². The monoisotopic (exact) mass is 275 g/mol. The van der Waals surface area contributed by atoms with Crippen LogP contribution in [0.5, 0.6) is 0 Å². The van der Waals surface area contributed by atoms with Gasteiger partial charge >= 0.3 is 0 Å². The average Bonchev–Trinajstić information content (AvgIpc) is 2.59. The molecule has 2 nitrogen and oxygen atoms in total. The summed E-state index contributed by atoms with van der Waals surface area (Å²) in [6.07, 6.45) is 1.55. The van der Waals surface area contributed by atoms with E-state index in [1.807, 2.05) is 24.3 Å². The summed E-state index contributed by atoms with van der Waals surface area (Å²) in [4.78, 5) is 0. The number of aliphatic hydroxyl groups is 1. The molecule has 0 amide bonds. The first-order valence-electron chi connectivity index (χ1n) is 5.70. The van der Waals surface area contributed by atoms with E-state index in [1.54, 1.807) is 0 Å². The Kier molecular flexibility index (Phi) is 4.85. The summed E-state index contributed by atoms with van der Waals surface area (Å²) >= 11 is 6.08. The molecule has 1 unspecified atom stereocenters. The van der Waals surface area contributed by atoms with Gasteiger partial charge in [-0.1, -0.05) is 29.8 Å². The molecule has 1 aromatic rings. The van der Waals surface area contributed by atoms with Gasteiger partial charge in [0.2, 0.25) is 0 Å². The number of rotatable bonds is 2. The lowest BCUT2D eigenvalue weighted by atomic mass is 10.00. The summed E-state index contributed by atoms with van der Waals surface area (Å²) in [7, 11) is 0. The minimum absolute atomic E-state index is 0. The molecule has 0 spiro atoms. The van der Waals surface area contributed by atoms with Crippen molar-refractivity contribution in [2.45, 2.75) is 44.4 Å². The Morgan fingerprint density at radius 1 is 1.41 bits per heavy atom. The SMILES string of the molecule is CC1(C)CCC([C@@H](O)c2ccccc2Cl)N1.Cl. The number of hydrogen-bond acceptors (Lipinski definition) is 2. The van der Waals surface area contributed by atoms with E-state index in [0.29, 0.717) is 5.02 Å². The lowest BCUT2D eigenvalue weighted by molar-refractivity contribution is 0.132. The highest BCUT2D eigenvalue weighted by Gasteiger charge is 2.34. The van der Waals surface area contributed by atoms with E-state index in [0.717, 1.165) is 18.4 Å². The minimum atomic E-state index is -0.518. The molecule has 2 atom stereocenters. The predicted octanol–water partition coefficient (Wildman–Crippen LogP) is 3.33. The van der Waals surface area contributed by atoms with Gasteiger partial charge in [-0.3, -0.25) is 0 Å². The van der Waals surface area contributed by atoms with Crippen LogP contribution in [-0.2, 0) is 0 Å². The molecule has 4 heteroatoms. The zero-order valence-corrected chi connectivity index (χ0v) is 11.7. The van der Waals surface area contributed by atoms with E-state index in [4.69, 9.17) is 11.6 Å². The summed E-state index contributed by atoms with van der Waals surface area (Å²) in [6, 6.07) is 7.60. The summed E-state index contributed by atoms with van der Waals surface area (Å²) in [5.74, 6) is 0. The van der Waals surface area contributed by atoms with E-state index in [2.05, 4.69) is 19.2 Å². The van der Waals surface area contributed by atoms with Gasteiger partial charge in [-0.25, -0.2) is 0 Å². The first kappa shape index (κ1) is 14.8. The normalized spacial score (nSPS) is 24.1. The maximum Gasteiger partial charge on any atom is 0.0957 e. The summed E-state index contributed by atoms with van der Waals surface area (Å²) in [5.41, 5.74) is 0.937. The van der Waals surface area contributed by atoms with Gasteiger partial charge < -0.3 is 10.4 Å². The third-order valence-corrected chi connectivity index (χ3v) is 3.61. The lowest BCUT2D eigenvalue weighted by Gasteiger charge is -2.24. The Hall–Kier alpha value is -0.280. The van der Waals surface area contributed by atoms with Gasteiger partial charge in [0.05, 0.1) is 6.10 Å². The zero-order chi connectivity index (χ0) is 11.8. The van der Waals surface area contributed by atoms with Gasteiger partial charge in [0.1, 0.15) is 0 Å². The third-order valence-electron chi connectivity index (χ3n) is 3.26. The van der Waals surface area contributed by atoms with E-state index in [1.165, 1.54) is 0 Å². The fourth-order valence-corrected chi connectivity index (χ4v) is 2.58. The van der Waals surface area contributed by atoms with E-state index >= 15 is 0 Å². The molecular weight excluding hydrogens is 257 g/mol. The second kappa shape index (κ2) is 5.57. The van der Waals surface area contributed by atoms with Crippen LogP contribution in [0, 0.1) is 0 Å². The third kappa shape index (κ3) is 3.35. The summed E-state index contributed by atoms with van der Waals surface area (Å²) < 4.78 is 0. The van der Waals surface area contributed by atoms with Crippen molar-refractivity contribution >= 4 is 24.0 Å². The molecule has 1 fully saturated rings. The quantitative estimate of drug-likeness (QED) is 0.868. The lowest BCUT2D eigenvalue weighted by Crippen LogP contribution is -2.40. The highest BCUT2D eigenvalue weighted by molar-refractivity contribution is 6.31. The molecule has 1 aliphatic heterocycles. The van der Waals surface area contributed by atoms with Crippen LogP contribution in [0.2, 0.25) is 5.02 Å². The Bertz CT molecular complexity index is 381. The maximum atomic E-state index is 10.3. The zero-order valence-electron chi connectivity index (χ0n) is 10.1. The fraction of sp³-hybridized carbons (Fsp3) is 0.538. The molecule has 96 valence electrons. The molecule has 2 rings (SSSR count). The standard InChI is InChI=1S/C13H18ClNO.ClH/c1-13(2)8-7-11(15-13)12(16)9-5-3-4-6-10(9)14;/h3-6,11-12,15-16H,7-8H2,1-2H3;1H/t11?,12-;/m0./s1. The molecule has 2 N–H and O–H groups in total. The smallest absolute Gasteiger partial charge is 0.0957 e. The van der Waals surface area contributed by atoms with E-state index in [9.17, 15) is 5.11 Å². The summed E-state index contributed by atoms with van der Waals surface area (Å²) in [6.45, 7) is 4.32. The van der Waals surface area contributed by atoms with Gasteiger partial charge in [-0.05, 0) is 32.8 Å². The van der Waals surface area contributed by atoms with Gasteiger partial charge in [-0.2, -0.15) is 0 Å². The van der Waals surface area contributed by atoms with Crippen molar-refractivity contribution in [2.75, 3.05) is 0 Å². The second-order valence-corrected chi connectivity index (χ2v) is 5.55. The molecule has 1 saturated heterocycles. The van der Waals surface area contributed by atoms with Crippen molar-refractivity contribution in [3.63, 3.8) is 0 Å². The predicted molar refractivity (Wildman–Crippen MR) is 73.9 cm³/mol. The van der Waals surface area contributed by atoms with Crippen LogP contribution in [0.25, 0.3) is 0 Å². The van der Waals surface area contributed by atoms with Crippen molar-refractivity contribution in [3.05, 3.63) is 34.9 Å². The van der Waals surface area contributed by atoms with Crippen LogP contribution in [0.15, 0.2) is 24.3 Å². The summed E-state index contributed by atoms with van der Waals surface area (Å²) in [5, 5.41) is 14.4. The van der Waals surface area contributed by atoms with Gasteiger partial charge in [0.15, 0.2) is 0 Å². The molecule has 0 bridgehead atoms. The van der Waals surface area contributed by atoms with Crippen LogP contribution < -0.4 is 5.32 Å². The number of nitrogens with one attached hydrogen (secondary N) is 1. The van der Waals surface area contributed by atoms with Gasteiger partial charge in [0, 0.05) is 22.2 Å². The average molecular weight is 276 g/mol. The number of hydrogen-bond donors (Lipinski definition) is 2. The molecule has 1 aliphatic rings. The van der Waals surface area contributed by atoms with Crippen LogP contribution in [0.1, 0.15) is 38.4 Å². The Morgan fingerprint density at radius 2 is 2.06 bits per heavy atom. The molecule has 0 radical (unpaired) electrons. The molecule has 0 aromatic heterocycles. The number of aliphatic hydroxyl groups excluding tert-OH is 1. The number of benzene rings is 1. The molecule has 1 heterocycles. The van der Waals surface area contributed by atoms with Crippen molar-refractivity contribution < 1.29 is 5.11 Å². The fourth-order valence-electron chi connectivity index (χ4n) is 2.33. The Labute approximate surface area is 114 Å². The molecule has 0 aliphatic carbocycles. The van der Waals surface area contributed by atoms with E-state index in [-0.39, 0.29) is 24.0 Å². The van der Waals surface area contributed by atoms with Crippen LogP contribution in [0.4, 0.5) is 0 Å². The largest absolute Gasteiger partial charge is 0.387 e. The van der Waals surface area contributed by atoms with Crippen molar-refractivity contribution in [3.8, 4) is 0 Å².